The molecule has 0 radical (unpaired) electrons. The summed E-state index contributed by atoms with van der Waals surface area (Å²) in [5, 5.41) is 1.71. The van der Waals surface area contributed by atoms with Gasteiger partial charge in [-0.2, -0.15) is 0 Å². The van der Waals surface area contributed by atoms with Crippen LogP contribution >= 0.6 is 22.9 Å². The third-order valence-electron chi connectivity index (χ3n) is 5.42. The molecule has 4 rings (SSSR count). The molecule has 30 heavy (non-hydrogen) atoms. The van der Waals surface area contributed by atoms with E-state index in [1.807, 2.05) is 36.5 Å². The predicted octanol–water partition coefficient (Wildman–Crippen LogP) is 4.52. The summed E-state index contributed by atoms with van der Waals surface area (Å²) in [5.74, 6) is 0.624. The van der Waals surface area contributed by atoms with Gasteiger partial charge in [-0.15, -0.1) is 11.3 Å². The Bertz CT molecular complexity index is 1130. The van der Waals surface area contributed by atoms with E-state index in [4.69, 9.17) is 11.6 Å². The minimum Gasteiger partial charge on any atom is -0.249 e. The molecule has 0 aliphatic carbocycles. The van der Waals surface area contributed by atoms with Crippen molar-refractivity contribution in [3.05, 3.63) is 52.9 Å². The number of sulfonamides is 1. The molecule has 1 fully saturated rings. The highest BCUT2D eigenvalue weighted by Crippen LogP contribution is 2.32. The fourth-order valence-electron chi connectivity index (χ4n) is 3.65. The number of thiazole rings is 1. The van der Waals surface area contributed by atoms with E-state index in [2.05, 4.69) is 15.0 Å². The molecular weight excluding hydrogens is 440 g/mol. The molecular formula is C21H23ClN4O2S2. The average molecular weight is 463 g/mol. The molecule has 0 bridgehead atoms. The van der Waals surface area contributed by atoms with Crippen molar-refractivity contribution in [3.63, 3.8) is 0 Å². The first kappa shape index (κ1) is 21.4. The van der Waals surface area contributed by atoms with E-state index >= 15 is 0 Å². The lowest BCUT2D eigenvalue weighted by atomic mass is 9.95. The summed E-state index contributed by atoms with van der Waals surface area (Å²) in [6, 6.07) is 9.56. The lowest BCUT2D eigenvalue weighted by Gasteiger charge is -2.30. The Morgan fingerprint density at radius 2 is 1.87 bits per heavy atom. The highest BCUT2D eigenvalue weighted by atomic mass is 35.5. The minimum absolute atomic E-state index is 0.169. The van der Waals surface area contributed by atoms with Crippen molar-refractivity contribution in [1.82, 2.24) is 19.3 Å². The molecule has 6 nitrogen and oxygen atoms in total. The Labute approximate surface area is 186 Å². The zero-order valence-corrected chi connectivity index (χ0v) is 19.1. The third kappa shape index (κ3) is 4.72. The van der Waals surface area contributed by atoms with Crippen LogP contribution in [0.3, 0.4) is 0 Å². The van der Waals surface area contributed by atoms with E-state index in [9.17, 15) is 8.42 Å². The zero-order valence-electron chi connectivity index (χ0n) is 16.7. The van der Waals surface area contributed by atoms with Crippen LogP contribution in [-0.2, 0) is 16.4 Å². The lowest BCUT2D eigenvalue weighted by molar-refractivity contribution is 0.273. The average Bonchev–Trinajstić information content (AvgIpc) is 3.23. The van der Waals surface area contributed by atoms with Gasteiger partial charge >= 0.3 is 0 Å². The van der Waals surface area contributed by atoms with Gasteiger partial charge in [-0.05, 0) is 37.8 Å². The Balaban J connectivity index is 1.44. The van der Waals surface area contributed by atoms with Crippen LogP contribution in [0.25, 0.3) is 21.8 Å². The summed E-state index contributed by atoms with van der Waals surface area (Å²) in [6.07, 6.45) is 6.02. The maximum atomic E-state index is 12.0. The van der Waals surface area contributed by atoms with Crippen LogP contribution in [-0.4, -0.2) is 46.5 Å². The quantitative estimate of drug-likeness (QED) is 0.538. The smallest absolute Gasteiger partial charge is 0.213 e. The second-order valence-electron chi connectivity index (χ2n) is 7.33. The Morgan fingerprint density at radius 3 is 2.60 bits per heavy atom. The first-order chi connectivity index (χ1) is 14.5. The summed E-state index contributed by atoms with van der Waals surface area (Å²) in [5.41, 5.74) is 2.49. The number of nitrogens with zero attached hydrogens (tertiary/aromatic N) is 4. The first-order valence-corrected chi connectivity index (χ1v) is 12.8. The summed E-state index contributed by atoms with van der Waals surface area (Å²) in [4.78, 5) is 14.4. The molecule has 1 aliphatic rings. The monoisotopic (exact) mass is 462 g/mol. The number of hydrogen-bond donors (Lipinski definition) is 0. The van der Waals surface area contributed by atoms with Gasteiger partial charge in [0.15, 0.2) is 0 Å². The molecule has 3 aromatic rings. The van der Waals surface area contributed by atoms with Crippen molar-refractivity contribution < 1.29 is 8.42 Å². The maximum Gasteiger partial charge on any atom is 0.213 e. The van der Waals surface area contributed by atoms with Gasteiger partial charge in [-0.25, -0.2) is 27.7 Å². The molecule has 0 unspecified atom stereocenters. The molecule has 158 valence electrons. The number of benzene rings is 1. The summed E-state index contributed by atoms with van der Waals surface area (Å²) in [6.45, 7) is 2.90. The van der Waals surface area contributed by atoms with E-state index in [-0.39, 0.29) is 5.75 Å². The standard InChI is InChI=1S/C21H23ClN4O2S2/c1-2-30(27,28)26-9-7-15(8-10-26)11-21-23-13-20(29-21)19-12-18(24-14-25-19)16-5-3-4-6-17(16)22/h3-6,12-15H,2,7-11H2,1H3. The van der Waals surface area contributed by atoms with Crippen molar-refractivity contribution in [1.29, 1.82) is 0 Å². The molecule has 1 aromatic carbocycles. The fourth-order valence-corrected chi connectivity index (χ4v) is 6.02. The van der Waals surface area contributed by atoms with Crippen molar-refractivity contribution in [2.24, 2.45) is 5.92 Å². The van der Waals surface area contributed by atoms with E-state index < -0.39 is 10.0 Å². The number of rotatable bonds is 6. The van der Waals surface area contributed by atoms with Crippen molar-refractivity contribution in [3.8, 4) is 21.8 Å². The molecule has 0 N–H and O–H groups in total. The molecule has 0 amide bonds. The molecule has 1 aliphatic heterocycles. The van der Waals surface area contributed by atoms with E-state index in [1.54, 1.807) is 28.9 Å². The molecule has 0 saturated carbocycles. The van der Waals surface area contributed by atoms with Crippen LogP contribution in [0.2, 0.25) is 5.02 Å². The van der Waals surface area contributed by atoms with Gasteiger partial charge in [0.05, 0.1) is 27.0 Å². The molecule has 9 heteroatoms. The van der Waals surface area contributed by atoms with E-state index in [0.717, 1.165) is 46.1 Å². The van der Waals surface area contributed by atoms with Gasteiger partial charge in [0.2, 0.25) is 10.0 Å². The number of hydrogen-bond acceptors (Lipinski definition) is 6. The lowest BCUT2D eigenvalue weighted by Crippen LogP contribution is -2.39. The van der Waals surface area contributed by atoms with Crippen molar-refractivity contribution in [2.45, 2.75) is 26.2 Å². The number of halogens is 1. The fraction of sp³-hybridized carbons (Fsp3) is 0.381. The summed E-state index contributed by atoms with van der Waals surface area (Å²) in [7, 11) is -3.08. The maximum absolute atomic E-state index is 12.0. The van der Waals surface area contributed by atoms with Gasteiger partial charge in [-0.3, -0.25) is 0 Å². The van der Waals surface area contributed by atoms with Crippen LogP contribution in [0, 0.1) is 5.92 Å². The van der Waals surface area contributed by atoms with Crippen molar-refractivity contribution in [2.75, 3.05) is 18.8 Å². The van der Waals surface area contributed by atoms with Crippen LogP contribution in [0.1, 0.15) is 24.8 Å². The molecule has 1 saturated heterocycles. The van der Waals surface area contributed by atoms with Gasteiger partial charge in [-0.1, -0.05) is 29.8 Å². The van der Waals surface area contributed by atoms with Gasteiger partial charge in [0, 0.05) is 36.3 Å². The van der Waals surface area contributed by atoms with Crippen LogP contribution in [0.4, 0.5) is 0 Å². The second-order valence-corrected chi connectivity index (χ2v) is 11.1. The van der Waals surface area contributed by atoms with Crippen molar-refractivity contribution >= 4 is 33.0 Å². The Morgan fingerprint density at radius 1 is 1.13 bits per heavy atom. The van der Waals surface area contributed by atoms with E-state index in [1.165, 1.54) is 0 Å². The van der Waals surface area contributed by atoms with E-state index in [0.29, 0.717) is 24.0 Å². The van der Waals surface area contributed by atoms with Crippen LogP contribution < -0.4 is 0 Å². The Kier molecular flexibility index (Phi) is 6.48. The number of piperidine rings is 1. The second kappa shape index (κ2) is 9.09. The minimum atomic E-state index is -3.08. The SMILES string of the molecule is CCS(=O)(=O)N1CCC(Cc2ncc(-c3cc(-c4ccccc4Cl)ncn3)s2)CC1. The highest BCUT2D eigenvalue weighted by Gasteiger charge is 2.27. The van der Waals surface area contributed by atoms with Crippen LogP contribution in [0.5, 0.6) is 0 Å². The largest absolute Gasteiger partial charge is 0.249 e. The highest BCUT2D eigenvalue weighted by molar-refractivity contribution is 7.89. The normalized spacial score (nSPS) is 16.1. The summed E-state index contributed by atoms with van der Waals surface area (Å²) >= 11 is 7.94. The van der Waals surface area contributed by atoms with Gasteiger partial charge in [0.1, 0.15) is 6.33 Å². The topological polar surface area (TPSA) is 76.1 Å². The molecule has 0 spiro atoms. The summed E-state index contributed by atoms with van der Waals surface area (Å²) < 4.78 is 25.7. The molecule has 3 heterocycles. The predicted molar refractivity (Wildman–Crippen MR) is 121 cm³/mol. The molecule has 2 aromatic heterocycles. The Hall–Kier alpha value is -1.87. The van der Waals surface area contributed by atoms with Gasteiger partial charge < -0.3 is 0 Å². The third-order valence-corrected chi connectivity index (χ3v) is 8.67. The zero-order chi connectivity index (χ0) is 21.1. The number of aromatic nitrogens is 3. The molecule has 0 atom stereocenters. The first-order valence-electron chi connectivity index (χ1n) is 9.96. The van der Waals surface area contributed by atoms with Crippen LogP contribution in [0.15, 0.2) is 42.9 Å². The van der Waals surface area contributed by atoms with Gasteiger partial charge in [0.25, 0.3) is 0 Å².